The quantitative estimate of drug-likeness (QED) is 0.835. The van der Waals surface area contributed by atoms with Crippen molar-refractivity contribution in [2.75, 3.05) is 7.05 Å². The maximum absolute atomic E-state index is 13.1. The van der Waals surface area contributed by atoms with E-state index in [9.17, 15) is 4.39 Å². The largest absolute Gasteiger partial charge is 0.323 e. The number of hydrogen-bond donors (Lipinski definition) is 2. The standard InChI is InChI=1S/C14H17FN2/c1-17-14(8-7-12(15)9-13(14)16)10-11-5-3-2-4-6-11/h2-9,13,17H,10,16H2,1H3. The molecule has 1 aliphatic rings. The second kappa shape index (κ2) is 4.82. The molecule has 2 atom stereocenters. The molecule has 2 nitrogen and oxygen atoms in total. The lowest BCUT2D eigenvalue weighted by molar-refractivity contribution is 0.381. The Balaban J connectivity index is 2.25. The second-order valence-corrected chi connectivity index (χ2v) is 4.36. The van der Waals surface area contributed by atoms with E-state index in [4.69, 9.17) is 5.73 Å². The molecule has 1 aliphatic carbocycles. The normalized spacial score (nSPS) is 27.9. The van der Waals surface area contributed by atoms with Gasteiger partial charge in [0.2, 0.25) is 0 Å². The van der Waals surface area contributed by atoms with Gasteiger partial charge < -0.3 is 11.1 Å². The number of likely N-dealkylation sites (N-methyl/N-ethyl adjacent to an activating group) is 1. The summed E-state index contributed by atoms with van der Waals surface area (Å²) in [5.74, 6) is -0.267. The van der Waals surface area contributed by atoms with Crippen LogP contribution in [0.3, 0.4) is 0 Å². The summed E-state index contributed by atoms with van der Waals surface area (Å²) in [7, 11) is 1.85. The molecule has 0 heterocycles. The van der Waals surface area contributed by atoms with Crippen LogP contribution in [0.4, 0.5) is 4.39 Å². The molecule has 0 amide bonds. The van der Waals surface area contributed by atoms with Gasteiger partial charge in [-0.15, -0.1) is 0 Å². The van der Waals surface area contributed by atoms with Gasteiger partial charge in [-0.3, -0.25) is 0 Å². The first-order valence-electron chi connectivity index (χ1n) is 5.71. The molecule has 1 aromatic rings. The summed E-state index contributed by atoms with van der Waals surface area (Å²) in [4.78, 5) is 0. The molecule has 2 rings (SSSR count). The topological polar surface area (TPSA) is 38.0 Å². The van der Waals surface area contributed by atoms with E-state index in [1.807, 2.05) is 43.5 Å². The fraction of sp³-hybridized carbons (Fsp3) is 0.286. The van der Waals surface area contributed by atoms with Crippen LogP contribution in [-0.2, 0) is 6.42 Å². The van der Waals surface area contributed by atoms with Crippen molar-refractivity contribution < 1.29 is 4.39 Å². The van der Waals surface area contributed by atoms with Gasteiger partial charge in [0.05, 0.1) is 5.54 Å². The van der Waals surface area contributed by atoms with Gasteiger partial charge in [-0.2, -0.15) is 0 Å². The average molecular weight is 232 g/mol. The fourth-order valence-electron chi connectivity index (χ4n) is 2.16. The van der Waals surface area contributed by atoms with Crippen LogP contribution < -0.4 is 11.1 Å². The monoisotopic (exact) mass is 232 g/mol. The van der Waals surface area contributed by atoms with Crippen LogP contribution in [0.25, 0.3) is 0 Å². The average Bonchev–Trinajstić information content (AvgIpc) is 2.34. The summed E-state index contributed by atoms with van der Waals surface area (Å²) in [6.45, 7) is 0. The van der Waals surface area contributed by atoms with Gasteiger partial charge in [-0.05, 0) is 31.2 Å². The van der Waals surface area contributed by atoms with Crippen LogP contribution in [0.2, 0.25) is 0 Å². The first kappa shape index (κ1) is 12.0. The van der Waals surface area contributed by atoms with Crippen molar-refractivity contribution in [2.45, 2.75) is 18.0 Å². The summed E-state index contributed by atoms with van der Waals surface area (Å²) in [5.41, 5.74) is 6.81. The molecule has 0 radical (unpaired) electrons. The van der Waals surface area contributed by atoms with E-state index >= 15 is 0 Å². The summed E-state index contributed by atoms with van der Waals surface area (Å²) in [6.07, 6.45) is 5.49. The minimum atomic E-state index is -0.406. The zero-order valence-electron chi connectivity index (χ0n) is 9.86. The molecule has 0 saturated carbocycles. The van der Waals surface area contributed by atoms with Crippen LogP contribution in [-0.4, -0.2) is 18.6 Å². The minimum absolute atomic E-state index is 0.267. The molecule has 1 aromatic carbocycles. The first-order valence-corrected chi connectivity index (χ1v) is 5.71. The van der Waals surface area contributed by atoms with Crippen molar-refractivity contribution in [3.8, 4) is 0 Å². The van der Waals surface area contributed by atoms with E-state index in [0.29, 0.717) is 0 Å². The minimum Gasteiger partial charge on any atom is -0.323 e. The Morgan fingerprint density at radius 1 is 1.35 bits per heavy atom. The Bertz CT molecular complexity index is 439. The van der Waals surface area contributed by atoms with Crippen LogP contribution in [0.1, 0.15) is 5.56 Å². The number of rotatable bonds is 3. The predicted molar refractivity (Wildman–Crippen MR) is 68.2 cm³/mol. The van der Waals surface area contributed by atoms with E-state index in [2.05, 4.69) is 5.32 Å². The highest BCUT2D eigenvalue weighted by molar-refractivity contribution is 5.33. The molecule has 0 bridgehead atoms. The van der Waals surface area contributed by atoms with E-state index in [1.165, 1.54) is 17.7 Å². The van der Waals surface area contributed by atoms with Gasteiger partial charge >= 0.3 is 0 Å². The van der Waals surface area contributed by atoms with Crippen LogP contribution in [0, 0.1) is 0 Å². The number of benzene rings is 1. The molecule has 2 unspecified atom stereocenters. The zero-order valence-corrected chi connectivity index (χ0v) is 9.86. The van der Waals surface area contributed by atoms with E-state index in [-0.39, 0.29) is 11.9 Å². The van der Waals surface area contributed by atoms with Crippen LogP contribution >= 0.6 is 0 Å². The predicted octanol–water partition coefficient (Wildman–Crippen LogP) is 1.94. The molecular formula is C14H17FN2. The van der Waals surface area contributed by atoms with Gasteiger partial charge in [0, 0.05) is 6.04 Å². The fourth-order valence-corrected chi connectivity index (χ4v) is 2.16. The Morgan fingerprint density at radius 3 is 2.65 bits per heavy atom. The highest BCUT2D eigenvalue weighted by atomic mass is 19.1. The molecule has 3 heteroatoms. The van der Waals surface area contributed by atoms with Gasteiger partial charge in [0.15, 0.2) is 0 Å². The maximum atomic E-state index is 13.1. The Kier molecular flexibility index (Phi) is 3.41. The molecular weight excluding hydrogens is 215 g/mol. The molecule has 0 spiro atoms. The Morgan fingerprint density at radius 2 is 2.06 bits per heavy atom. The van der Waals surface area contributed by atoms with Gasteiger partial charge in [0.1, 0.15) is 5.83 Å². The third-order valence-electron chi connectivity index (χ3n) is 3.28. The third kappa shape index (κ3) is 2.46. The first-order chi connectivity index (χ1) is 8.16. The van der Waals surface area contributed by atoms with E-state index in [0.717, 1.165) is 6.42 Å². The van der Waals surface area contributed by atoms with Crippen molar-refractivity contribution in [3.63, 3.8) is 0 Å². The number of nitrogens with two attached hydrogens (primary N) is 1. The maximum Gasteiger partial charge on any atom is 0.120 e. The SMILES string of the molecule is CNC1(Cc2ccccc2)C=CC(F)=CC1N. The van der Waals surface area contributed by atoms with Gasteiger partial charge in [-0.25, -0.2) is 4.39 Å². The number of allylic oxidation sites excluding steroid dienone is 2. The number of hydrogen-bond acceptors (Lipinski definition) is 2. The summed E-state index contributed by atoms with van der Waals surface area (Å²) >= 11 is 0. The zero-order chi connectivity index (χ0) is 12.3. The highest BCUT2D eigenvalue weighted by Crippen LogP contribution is 2.24. The van der Waals surface area contributed by atoms with E-state index < -0.39 is 5.54 Å². The molecule has 0 saturated heterocycles. The summed E-state index contributed by atoms with van der Waals surface area (Å²) in [6, 6.07) is 9.70. The summed E-state index contributed by atoms with van der Waals surface area (Å²) in [5, 5.41) is 3.21. The van der Waals surface area contributed by atoms with Crippen LogP contribution in [0.15, 0.2) is 54.4 Å². The van der Waals surface area contributed by atoms with Crippen molar-refractivity contribution in [3.05, 3.63) is 60.0 Å². The lowest BCUT2D eigenvalue weighted by Crippen LogP contribution is -2.57. The molecule has 3 N–H and O–H groups in total. The molecule has 0 aliphatic heterocycles. The van der Waals surface area contributed by atoms with Crippen molar-refractivity contribution >= 4 is 0 Å². The number of halogens is 1. The molecule has 0 fully saturated rings. The third-order valence-corrected chi connectivity index (χ3v) is 3.28. The van der Waals surface area contributed by atoms with Gasteiger partial charge in [-0.1, -0.05) is 36.4 Å². The lowest BCUT2D eigenvalue weighted by Gasteiger charge is -2.36. The smallest absolute Gasteiger partial charge is 0.120 e. The summed E-state index contributed by atoms with van der Waals surface area (Å²) < 4.78 is 13.1. The van der Waals surface area contributed by atoms with Crippen molar-refractivity contribution in [1.82, 2.24) is 5.32 Å². The van der Waals surface area contributed by atoms with Gasteiger partial charge in [0.25, 0.3) is 0 Å². The molecule has 17 heavy (non-hydrogen) atoms. The van der Waals surface area contributed by atoms with E-state index in [1.54, 1.807) is 0 Å². The van der Waals surface area contributed by atoms with Crippen molar-refractivity contribution in [1.29, 1.82) is 0 Å². The molecule has 90 valence electrons. The lowest BCUT2D eigenvalue weighted by atomic mass is 9.81. The van der Waals surface area contributed by atoms with Crippen molar-refractivity contribution in [2.24, 2.45) is 5.73 Å². The van der Waals surface area contributed by atoms with Crippen LogP contribution in [0.5, 0.6) is 0 Å². The Hall–Kier alpha value is -1.45. The highest BCUT2D eigenvalue weighted by Gasteiger charge is 2.34. The number of nitrogens with one attached hydrogen (secondary N) is 1. The molecule has 0 aromatic heterocycles. The Labute approximate surface area is 101 Å². The second-order valence-electron chi connectivity index (χ2n) is 4.36.